The molecule has 0 aliphatic carbocycles. The van der Waals surface area contributed by atoms with Gasteiger partial charge in [0.25, 0.3) is 10.1 Å². The summed E-state index contributed by atoms with van der Waals surface area (Å²) in [5, 5.41) is 8.63. The molecule has 2 unspecified atom stereocenters. The highest BCUT2D eigenvalue weighted by atomic mass is 32.2. The summed E-state index contributed by atoms with van der Waals surface area (Å²) in [5.41, 5.74) is 0. The smallest absolute Gasteiger partial charge is 0.270 e. The predicted molar refractivity (Wildman–Crippen MR) is 107 cm³/mol. The molecule has 152 valence electrons. The first kappa shape index (κ1) is 24.9. The molecule has 0 aromatic heterocycles. The van der Waals surface area contributed by atoms with E-state index < -0.39 is 21.5 Å². The van der Waals surface area contributed by atoms with Gasteiger partial charge in [-0.3, -0.25) is 4.55 Å². The summed E-state index contributed by atoms with van der Waals surface area (Å²) in [5.74, 6) is 0. The van der Waals surface area contributed by atoms with Crippen LogP contribution in [-0.4, -0.2) is 29.4 Å². The van der Waals surface area contributed by atoms with Crippen LogP contribution >= 0.6 is 0 Å². The molecule has 0 saturated heterocycles. The van der Waals surface area contributed by atoms with Crippen molar-refractivity contribution in [2.75, 3.05) is 0 Å². The van der Waals surface area contributed by atoms with E-state index in [-0.39, 0.29) is 0 Å². The fourth-order valence-electron chi connectivity index (χ4n) is 3.16. The lowest BCUT2D eigenvalue weighted by Gasteiger charge is -2.15. The normalized spacial score (nSPS) is 14.6. The Hall–Kier alpha value is -0.130. The molecule has 0 aliphatic rings. The third kappa shape index (κ3) is 15.8. The van der Waals surface area contributed by atoms with E-state index in [1.165, 1.54) is 84.0 Å². The van der Waals surface area contributed by atoms with Crippen LogP contribution in [0.3, 0.4) is 0 Å². The van der Waals surface area contributed by atoms with E-state index in [1.54, 1.807) is 0 Å². The molecule has 0 amide bonds. The van der Waals surface area contributed by atoms with Gasteiger partial charge in [0.05, 0.1) is 6.10 Å². The largest absolute Gasteiger partial charge is 0.392 e. The molecular formula is C20H42O4S. The van der Waals surface area contributed by atoms with Crippen LogP contribution in [0.15, 0.2) is 0 Å². The van der Waals surface area contributed by atoms with Gasteiger partial charge in [-0.15, -0.1) is 0 Å². The van der Waals surface area contributed by atoms with E-state index in [0.29, 0.717) is 6.42 Å². The first-order valence-electron chi connectivity index (χ1n) is 10.5. The van der Waals surface area contributed by atoms with Crippen molar-refractivity contribution in [1.29, 1.82) is 0 Å². The Labute approximate surface area is 156 Å². The van der Waals surface area contributed by atoms with Crippen LogP contribution in [0.1, 0.15) is 117 Å². The first-order valence-corrected chi connectivity index (χ1v) is 12.0. The number of aliphatic hydroxyl groups is 1. The Kier molecular flexibility index (Phi) is 16.0. The Morgan fingerprint density at radius 2 is 1.00 bits per heavy atom. The van der Waals surface area contributed by atoms with Crippen LogP contribution in [0.4, 0.5) is 0 Å². The van der Waals surface area contributed by atoms with Crippen LogP contribution in [0, 0.1) is 0 Å². The van der Waals surface area contributed by atoms with Gasteiger partial charge in [-0.1, -0.05) is 103 Å². The lowest BCUT2D eigenvalue weighted by molar-refractivity contribution is 0.155. The van der Waals surface area contributed by atoms with Crippen LogP contribution in [0.5, 0.6) is 0 Å². The molecule has 0 aliphatic heterocycles. The average molecular weight is 379 g/mol. The van der Waals surface area contributed by atoms with Crippen LogP contribution < -0.4 is 0 Å². The van der Waals surface area contributed by atoms with Crippen molar-refractivity contribution >= 4 is 10.1 Å². The van der Waals surface area contributed by atoms with Gasteiger partial charge in [-0.05, 0) is 13.3 Å². The third-order valence-corrected chi connectivity index (χ3v) is 6.37. The third-order valence-electron chi connectivity index (χ3n) is 5.12. The molecule has 0 bridgehead atoms. The minimum atomic E-state index is -4.12. The standard InChI is InChI=1S/C20H42O4S/c1-3-4-5-6-7-8-9-10-11-12-13-14-15-16-17-18-20(21)19(2)25(22,23)24/h19-21H,3-18H2,1-2H3,(H,22,23,24). The number of rotatable bonds is 18. The van der Waals surface area contributed by atoms with E-state index in [2.05, 4.69) is 6.92 Å². The second kappa shape index (κ2) is 16.1. The Morgan fingerprint density at radius 1 is 0.680 bits per heavy atom. The van der Waals surface area contributed by atoms with E-state index in [0.717, 1.165) is 19.3 Å². The van der Waals surface area contributed by atoms with Gasteiger partial charge in [0.2, 0.25) is 0 Å². The summed E-state index contributed by atoms with van der Waals surface area (Å²) >= 11 is 0. The van der Waals surface area contributed by atoms with Crippen molar-refractivity contribution in [3.05, 3.63) is 0 Å². The Morgan fingerprint density at radius 3 is 1.32 bits per heavy atom. The molecule has 5 heteroatoms. The fourth-order valence-corrected chi connectivity index (χ4v) is 3.69. The highest BCUT2D eigenvalue weighted by molar-refractivity contribution is 7.86. The lowest BCUT2D eigenvalue weighted by atomic mass is 10.0. The van der Waals surface area contributed by atoms with Crippen LogP contribution in [-0.2, 0) is 10.1 Å². The Balaban J connectivity index is 3.27. The molecule has 0 saturated carbocycles. The fraction of sp³-hybridized carbons (Fsp3) is 1.00. The second-order valence-electron chi connectivity index (χ2n) is 7.53. The minimum absolute atomic E-state index is 0.444. The van der Waals surface area contributed by atoms with E-state index in [4.69, 9.17) is 4.55 Å². The van der Waals surface area contributed by atoms with Crippen molar-refractivity contribution in [1.82, 2.24) is 0 Å². The average Bonchev–Trinajstić information content (AvgIpc) is 2.56. The quantitative estimate of drug-likeness (QED) is 0.230. The number of unbranched alkanes of at least 4 members (excludes halogenated alkanes) is 14. The zero-order valence-corrected chi connectivity index (χ0v) is 17.4. The SMILES string of the molecule is CCCCCCCCCCCCCCCCCC(O)C(C)S(=O)(=O)O. The Bertz CT molecular complexity index is 381. The highest BCUT2D eigenvalue weighted by Crippen LogP contribution is 2.15. The predicted octanol–water partition coefficient (Wildman–Crippen LogP) is 5.89. The molecule has 2 atom stereocenters. The van der Waals surface area contributed by atoms with Gasteiger partial charge in [-0.25, -0.2) is 0 Å². The van der Waals surface area contributed by atoms with Crippen molar-refractivity contribution in [2.24, 2.45) is 0 Å². The molecule has 0 aromatic rings. The topological polar surface area (TPSA) is 74.6 Å². The van der Waals surface area contributed by atoms with Crippen LogP contribution in [0.2, 0.25) is 0 Å². The number of hydrogen-bond acceptors (Lipinski definition) is 3. The summed E-state index contributed by atoms with van der Waals surface area (Å²) in [6.07, 6.45) is 18.7. The van der Waals surface area contributed by atoms with Gasteiger partial charge >= 0.3 is 0 Å². The van der Waals surface area contributed by atoms with E-state index >= 15 is 0 Å². The first-order chi connectivity index (χ1) is 11.9. The maximum Gasteiger partial charge on any atom is 0.270 e. The molecule has 0 fully saturated rings. The molecule has 0 spiro atoms. The van der Waals surface area contributed by atoms with Crippen molar-refractivity contribution in [3.8, 4) is 0 Å². The molecule has 2 N–H and O–H groups in total. The lowest BCUT2D eigenvalue weighted by Crippen LogP contribution is -2.30. The molecule has 0 rings (SSSR count). The van der Waals surface area contributed by atoms with E-state index in [1.807, 2.05) is 0 Å². The number of aliphatic hydroxyl groups excluding tert-OH is 1. The summed E-state index contributed by atoms with van der Waals surface area (Å²) in [4.78, 5) is 0. The molecule has 0 heterocycles. The maximum atomic E-state index is 10.9. The second-order valence-corrected chi connectivity index (χ2v) is 9.30. The van der Waals surface area contributed by atoms with Crippen molar-refractivity contribution in [2.45, 2.75) is 128 Å². The molecule has 0 aromatic carbocycles. The zero-order chi connectivity index (χ0) is 19.0. The van der Waals surface area contributed by atoms with Gasteiger partial charge in [0, 0.05) is 0 Å². The minimum Gasteiger partial charge on any atom is -0.392 e. The molecule has 0 radical (unpaired) electrons. The summed E-state index contributed by atoms with van der Waals surface area (Å²) < 4.78 is 30.8. The van der Waals surface area contributed by atoms with Crippen molar-refractivity contribution in [3.63, 3.8) is 0 Å². The molecule has 4 nitrogen and oxygen atoms in total. The van der Waals surface area contributed by atoms with Crippen molar-refractivity contribution < 1.29 is 18.1 Å². The summed E-state index contributed by atoms with van der Waals surface area (Å²) in [6, 6.07) is 0. The molecular weight excluding hydrogens is 336 g/mol. The maximum absolute atomic E-state index is 10.9. The highest BCUT2D eigenvalue weighted by Gasteiger charge is 2.25. The van der Waals surface area contributed by atoms with Gasteiger partial charge in [-0.2, -0.15) is 8.42 Å². The summed E-state index contributed by atoms with van der Waals surface area (Å²) in [6.45, 7) is 3.61. The monoisotopic (exact) mass is 378 g/mol. The van der Waals surface area contributed by atoms with Crippen LogP contribution in [0.25, 0.3) is 0 Å². The molecule has 25 heavy (non-hydrogen) atoms. The zero-order valence-electron chi connectivity index (χ0n) is 16.6. The number of hydrogen-bond donors (Lipinski definition) is 2. The van der Waals surface area contributed by atoms with E-state index in [9.17, 15) is 13.5 Å². The van der Waals surface area contributed by atoms with Gasteiger partial charge < -0.3 is 5.11 Å². The van der Waals surface area contributed by atoms with Gasteiger partial charge in [0.1, 0.15) is 5.25 Å². The van der Waals surface area contributed by atoms with Gasteiger partial charge in [0.15, 0.2) is 0 Å². The summed E-state index contributed by atoms with van der Waals surface area (Å²) in [7, 11) is -4.12.